The first kappa shape index (κ1) is 16.1. The van der Waals surface area contributed by atoms with Gasteiger partial charge in [-0.3, -0.25) is 0 Å². The lowest BCUT2D eigenvalue weighted by molar-refractivity contribution is -0.137. The second-order valence-electron chi connectivity index (χ2n) is 6.25. The maximum Gasteiger partial charge on any atom is 0.417 e. The molecule has 0 amide bonds. The first-order valence-corrected chi connectivity index (χ1v) is 8.13. The summed E-state index contributed by atoms with van der Waals surface area (Å²) in [5.74, 6) is -0.889. The Labute approximate surface area is 142 Å². The van der Waals surface area contributed by atoms with Crippen LogP contribution in [0.4, 0.5) is 17.6 Å². The largest absolute Gasteiger partial charge is 0.417 e. The average molecular weight is 348 g/mol. The first-order valence-electron chi connectivity index (χ1n) is 8.13. The van der Waals surface area contributed by atoms with E-state index in [0.29, 0.717) is 11.6 Å². The Morgan fingerprint density at radius 1 is 0.960 bits per heavy atom. The highest BCUT2D eigenvalue weighted by molar-refractivity contribution is 5.87. The van der Waals surface area contributed by atoms with E-state index in [1.165, 1.54) is 11.8 Å². The van der Waals surface area contributed by atoms with Gasteiger partial charge in [-0.15, -0.1) is 0 Å². The Morgan fingerprint density at radius 2 is 1.80 bits per heavy atom. The van der Waals surface area contributed by atoms with Gasteiger partial charge in [0.1, 0.15) is 5.82 Å². The Hall–Kier alpha value is -2.34. The summed E-state index contributed by atoms with van der Waals surface area (Å²) in [5.41, 5.74) is 1.58. The maximum atomic E-state index is 13.4. The summed E-state index contributed by atoms with van der Waals surface area (Å²) in [7, 11) is 0. The Morgan fingerprint density at radius 3 is 2.60 bits per heavy atom. The highest BCUT2D eigenvalue weighted by atomic mass is 19.4. The Bertz CT molecular complexity index is 940. The Kier molecular flexibility index (Phi) is 3.80. The van der Waals surface area contributed by atoms with Gasteiger partial charge in [-0.2, -0.15) is 13.2 Å². The highest BCUT2D eigenvalue weighted by Gasteiger charge is 2.34. The lowest BCUT2D eigenvalue weighted by atomic mass is 9.98. The molecule has 4 rings (SSSR count). The number of halogens is 4. The summed E-state index contributed by atoms with van der Waals surface area (Å²) < 4.78 is 55.4. The van der Waals surface area contributed by atoms with Crippen LogP contribution in [0, 0.1) is 5.82 Å². The summed E-state index contributed by atoms with van der Waals surface area (Å²) in [5, 5.41) is 4.33. The second-order valence-corrected chi connectivity index (χ2v) is 6.25. The quantitative estimate of drug-likeness (QED) is 0.636. The summed E-state index contributed by atoms with van der Waals surface area (Å²) in [4.78, 5) is 0. The number of rotatable bonds is 1. The van der Waals surface area contributed by atoms with Crippen LogP contribution < -0.4 is 5.32 Å². The smallest absolute Gasteiger partial charge is 0.343 e. The predicted octanol–water partition coefficient (Wildman–Crippen LogP) is 4.61. The third-order valence-electron chi connectivity index (χ3n) is 4.66. The first-order chi connectivity index (χ1) is 11.9. The van der Waals surface area contributed by atoms with Gasteiger partial charge in [0, 0.05) is 37.3 Å². The molecule has 1 aliphatic rings. The molecule has 1 aromatic heterocycles. The molecule has 6 heteroatoms. The summed E-state index contributed by atoms with van der Waals surface area (Å²) in [6.45, 7) is 2.49. The molecule has 0 unspecified atom stereocenters. The van der Waals surface area contributed by atoms with E-state index in [9.17, 15) is 17.6 Å². The van der Waals surface area contributed by atoms with Crippen molar-refractivity contribution in [3.8, 4) is 11.1 Å². The van der Waals surface area contributed by atoms with Crippen LogP contribution in [0.1, 0.15) is 11.3 Å². The van der Waals surface area contributed by atoms with Gasteiger partial charge in [0.25, 0.3) is 0 Å². The maximum absolute atomic E-state index is 13.4. The summed E-state index contributed by atoms with van der Waals surface area (Å²) in [6.07, 6.45) is -3.72. The van der Waals surface area contributed by atoms with Crippen LogP contribution in [0.15, 0.2) is 42.5 Å². The van der Waals surface area contributed by atoms with Gasteiger partial charge >= 0.3 is 6.18 Å². The second kappa shape index (κ2) is 5.88. The molecule has 0 fully saturated rings. The number of nitrogens with zero attached hydrogens (tertiary/aromatic N) is 1. The van der Waals surface area contributed by atoms with Crippen LogP contribution in [0.2, 0.25) is 0 Å². The van der Waals surface area contributed by atoms with Gasteiger partial charge in [-0.1, -0.05) is 18.2 Å². The summed E-state index contributed by atoms with van der Waals surface area (Å²) in [6, 6.07) is 10.2. The molecule has 1 aliphatic heterocycles. The topological polar surface area (TPSA) is 17.0 Å². The molecule has 2 aromatic carbocycles. The van der Waals surface area contributed by atoms with E-state index in [1.807, 2.05) is 6.07 Å². The van der Waals surface area contributed by atoms with Crippen LogP contribution in [-0.2, 0) is 19.1 Å². The fourth-order valence-electron chi connectivity index (χ4n) is 3.49. The monoisotopic (exact) mass is 348 g/mol. The zero-order chi connectivity index (χ0) is 17.6. The van der Waals surface area contributed by atoms with Crippen LogP contribution in [0.3, 0.4) is 0 Å². The third kappa shape index (κ3) is 2.91. The average Bonchev–Trinajstić information content (AvgIpc) is 2.74. The zero-order valence-corrected chi connectivity index (χ0v) is 13.3. The van der Waals surface area contributed by atoms with E-state index < -0.39 is 17.6 Å². The molecule has 0 saturated carbocycles. The number of benzene rings is 2. The van der Waals surface area contributed by atoms with Gasteiger partial charge in [0.15, 0.2) is 0 Å². The van der Waals surface area contributed by atoms with Gasteiger partial charge < -0.3 is 9.88 Å². The minimum atomic E-state index is -4.60. The van der Waals surface area contributed by atoms with Crippen LogP contribution in [-0.4, -0.2) is 17.7 Å². The summed E-state index contributed by atoms with van der Waals surface area (Å²) >= 11 is 0. The Balaban J connectivity index is 1.90. The third-order valence-corrected chi connectivity index (χ3v) is 4.66. The van der Waals surface area contributed by atoms with Gasteiger partial charge in [0.05, 0.1) is 5.56 Å². The van der Waals surface area contributed by atoms with Crippen molar-refractivity contribution in [3.63, 3.8) is 0 Å². The number of hydrogen-bond donors (Lipinski definition) is 1. The molecule has 2 nitrogen and oxygen atoms in total. The molecule has 2 heterocycles. The van der Waals surface area contributed by atoms with Crippen molar-refractivity contribution in [2.45, 2.75) is 19.1 Å². The van der Waals surface area contributed by atoms with Crippen LogP contribution >= 0.6 is 0 Å². The molecule has 0 atom stereocenters. The van der Waals surface area contributed by atoms with Gasteiger partial charge in [-0.25, -0.2) is 4.39 Å². The van der Waals surface area contributed by atoms with Crippen LogP contribution in [0.5, 0.6) is 0 Å². The minimum Gasteiger partial charge on any atom is -0.343 e. The lowest BCUT2D eigenvalue weighted by Crippen LogP contribution is -2.17. The molecule has 3 aromatic rings. The van der Waals surface area contributed by atoms with Crippen molar-refractivity contribution in [2.24, 2.45) is 0 Å². The van der Waals surface area contributed by atoms with Crippen LogP contribution in [0.25, 0.3) is 22.0 Å². The van der Waals surface area contributed by atoms with Gasteiger partial charge in [-0.05, 0) is 40.8 Å². The normalized spacial score (nSPS) is 15.2. The molecule has 25 heavy (non-hydrogen) atoms. The molecule has 0 bridgehead atoms. The lowest BCUT2D eigenvalue weighted by Gasteiger charge is -2.14. The zero-order valence-electron chi connectivity index (χ0n) is 13.3. The van der Waals surface area contributed by atoms with Crippen molar-refractivity contribution in [1.82, 2.24) is 9.88 Å². The van der Waals surface area contributed by atoms with E-state index in [4.69, 9.17) is 0 Å². The number of fused-ring (bicyclic) bond motifs is 3. The van der Waals surface area contributed by atoms with Crippen molar-refractivity contribution in [1.29, 1.82) is 0 Å². The number of nitrogens with one attached hydrogen (secondary N) is 1. The number of alkyl halides is 3. The van der Waals surface area contributed by atoms with E-state index in [1.54, 1.807) is 12.1 Å². The standard InChI is InChI=1S/C19H16F4N2/c20-14-3-4-16(17(11-14)19(21,22)23)12-1-2-13-9-15-5-6-24-7-8-25(15)18(13)10-12/h1-4,9-11,24H,5-8H2. The van der Waals surface area contributed by atoms with E-state index in [0.717, 1.165) is 43.0 Å². The van der Waals surface area contributed by atoms with Crippen molar-refractivity contribution >= 4 is 10.9 Å². The fourth-order valence-corrected chi connectivity index (χ4v) is 3.49. The van der Waals surface area contributed by atoms with E-state index in [-0.39, 0.29) is 5.56 Å². The van der Waals surface area contributed by atoms with Crippen molar-refractivity contribution in [2.75, 3.05) is 13.1 Å². The SMILES string of the molecule is Fc1ccc(-c2ccc3cc4n(c3c2)CCNCC4)c(C(F)(F)F)c1. The van der Waals surface area contributed by atoms with Crippen molar-refractivity contribution < 1.29 is 17.6 Å². The molecular weight excluding hydrogens is 332 g/mol. The van der Waals surface area contributed by atoms with E-state index in [2.05, 4.69) is 16.0 Å². The molecule has 1 N–H and O–H groups in total. The van der Waals surface area contributed by atoms with E-state index >= 15 is 0 Å². The highest BCUT2D eigenvalue weighted by Crippen LogP contribution is 2.38. The molecule has 0 radical (unpaired) electrons. The minimum absolute atomic E-state index is 0.00176. The molecule has 130 valence electrons. The molecule has 0 aliphatic carbocycles. The molecule has 0 spiro atoms. The predicted molar refractivity (Wildman–Crippen MR) is 88.9 cm³/mol. The number of aromatic nitrogens is 1. The fraction of sp³-hybridized carbons (Fsp3) is 0.263. The number of hydrogen-bond acceptors (Lipinski definition) is 1. The molecular formula is C19H16F4N2. The van der Waals surface area contributed by atoms with Gasteiger partial charge in [0.2, 0.25) is 0 Å². The van der Waals surface area contributed by atoms with Crippen molar-refractivity contribution in [3.05, 3.63) is 59.5 Å². The molecule has 0 saturated heterocycles.